The molecule has 1 heterocycles. The molecule has 10 heteroatoms. The van der Waals surface area contributed by atoms with Gasteiger partial charge in [-0.05, 0) is 47.5 Å². The molecule has 0 atom stereocenters. The first kappa shape index (κ1) is 24.5. The number of rotatable bonds is 6. The molecule has 0 aliphatic carbocycles. The van der Waals surface area contributed by atoms with Crippen LogP contribution in [0.25, 0.3) is 0 Å². The number of carbonyl (C=O) groups excluding carboxylic acids is 2. The molecule has 0 aliphatic rings. The van der Waals surface area contributed by atoms with Gasteiger partial charge in [-0.2, -0.15) is 13.2 Å². The zero-order valence-electron chi connectivity index (χ0n) is 17.3. The monoisotopic (exact) mass is 495 g/mol. The molecule has 5 nitrogen and oxygen atoms in total. The summed E-state index contributed by atoms with van der Waals surface area (Å²) in [6.07, 6.45) is -3.45. The van der Waals surface area contributed by atoms with E-state index in [-0.39, 0.29) is 19.0 Å². The van der Waals surface area contributed by atoms with Gasteiger partial charge in [-0.3, -0.25) is 14.6 Å². The van der Waals surface area contributed by atoms with Gasteiger partial charge >= 0.3 is 6.18 Å². The van der Waals surface area contributed by atoms with Crippen LogP contribution in [0.5, 0.6) is 0 Å². The molecule has 1 N–H and O–H groups in total. The lowest BCUT2D eigenvalue weighted by Gasteiger charge is -2.22. The van der Waals surface area contributed by atoms with Crippen LogP contribution in [0.2, 0.25) is 10.0 Å². The van der Waals surface area contributed by atoms with Gasteiger partial charge in [0.2, 0.25) is 5.91 Å². The number of aromatic nitrogens is 1. The molecule has 3 rings (SSSR count). The molecular formula is C23H18Cl2F3N3O2. The Hall–Kier alpha value is -3.10. The third kappa shape index (κ3) is 6.24. The van der Waals surface area contributed by atoms with Crippen molar-refractivity contribution >= 4 is 40.7 Å². The van der Waals surface area contributed by atoms with Gasteiger partial charge in [0.25, 0.3) is 5.91 Å². The molecule has 0 bridgehead atoms. The second-order valence-corrected chi connectivity index (χ2v) is 7.88. The Bertz CT molecular complexity index is 1150. The van der Waals surface area contributed by atoms with E-state index in [1.165, 1.54) is 17.9 Å². The third-order valence-electron chi connectivity index (χ3n) is 4.75. The maximum atomic E-state index is 12.6. The van der Waals surface area contributed by atoms with Gasteiger partial charge in [0.15, 0.2) is 0 Å². The van der Waals surface area contributed by atoms with Crippen molar-refractivity contribution in [2.75, 3.05) is 4.90 Å². The van der Waals surface area contributed by atoms with Gasteiger partial charge in [-0.1, -0.05) is 41.4 Å². The molecule has 2 aromatic carbocycles. The number of pyridine rings is 1. The highest BCUT2D eigenvalue weighted by atomic mass is 35.5. The number of alkyl halides is 3. The maximum Gasteiger partial charge on any atom is 0.433 e. The molecule has 0 radical (unpaired) electrons. The maximum absolute atomic E-state index is 12.6. The Morgan fingerprint density at radius 2 is 1.73 bits per heavy atom. The van der Waals surface area contributed by atoms with E-state index in [1.807, 2.05) is 0 Å². The van der Waals surface area contributed by atoms with Crippen LogP contribution in [0.1, 0.15) is 34.1 Å². The molecule has 3 aromatic rings. The Morgan fingerprint density at radius 3 is 2.30 bits per heavy atom. The molecule has 0 aliphatic heterocycles. The molecule has 0 saturated heterocycles. The summed E-state index contributed by atoms with van der Waals surface area (Å²) >= 11 is 12.3. The van der Waals surface area contributed by atoms with Crippen LogP contribution in [0, 0.1) is 0 Å². The highest BCUT2D eigenvalue weighted by molar-refractivity contribution is 6.42. The van der Waals surface area contributed by atoms with E-state index in [9.17, 15) is 22.8 Å². The molecular weight excluding hydrogens is 478 g/mol. The minimum absolute atomic E-state index is 0.0125. The molecule has 0 unspecified atom stereocenters. The second-order valence-electron chi connectivity index (χ2n) is 7.10. The smallest absolute Gasteiger partial charge is 0.348 e. The summed E-state index contributed by atoms with van der Waals surface area (Å²) in [5, 5.41) is 3.37. The Morgan fingerprint density at radius 1 is 1.03 bits per heavy atom. The van der Waals surface area contributed by atoms with Crippen molar-refractivity contribution in [3.63, 3.8) is 0 Å². The van der Waals surface area contributed by atoms with Crippen LogP contribution >= 0.6 is 23.2 Å². The van der Waals surface area contributed by atoms with E-state index >= 15 is 0 Å². The number of carbonyl (C=O) groups is 2. The summed E-state index contributed by atoms with van der Waals surface area (Å²) in [7, 11) is 0. The van der Waals surface area contributed by atoms with Crippen molar-refractivity contribution in [3.05, 3.63) is 93.2 Å². The molecule has 0 fully saturated rings. The first-order chi connectivity index (χ1) is 15.6. The van der Waals surface area contributed by atoms with Crippen molar-refractivity contribution in [1.29, 1.82) is 0 Å². The fraction of sp³-hybridized carbons (Fsp3) is 0.174. The number of nitrogens with one attached hydrogen (secondary N) is 1. The van der Waals surface area contributed by atoms with Gasteiger partial charge < -0.3 is 10.2 Å². The number of anilines is 1. The van der Waals surface area contributed by atoms with Crippen LogP contribution in [0.3, 0.4) is 0 Å². The van der Waals surface area contributed by atoms with Gasteiger partial charge in [0, 0.05) is 30.9 Å². The summed E-state index contributed by atoms with van der Waals surface area (Å²) < 4.78 is 37.8. The number of halogens is 5. The Kier molecular flexibility index (Phi) is 7.61. The molecule has 33 heavy (non-hydrogen) atoms. The third-order valence-corrected chi connectivity index (χ3v) is 5.61. The van der Waals surface area contributed by atoms with Gasteiger partial charge in [-0.25, -0.2) is 0 Å². The average molecular weight is 496 g/mol. The van der Waals surface area contributed by atoms with Crippen LogP contribution < -0.4 is 10.2 Å². The normalized spacial score (nSPS) is 11.2. The average Bonchev–Trinajstić information content (AvgIpc) is 2.78. The van der Waals surface area contributed by atoms with Crippen molar-refractivity contribution in [2.24, 2.45) is 0 Å². The number of amides is 2. The molecule has 2 amide bonds. The van der Waals surface area contributed by atoms with Crippen LogP contribution in [-0.4, -0.2) is 16.8 Å². The van der Waals surface area contributed by atoms with Crippen LogP contribution in [0.4, 0.5) is 18.9 Å². The zero-order valence-corrected chi connectivity index (χ0v) is 18.8. The van der Waals surface area contributed by atoms with E-state index in [4.69, 9.17) is 23.2 Å². The SMILES string of the molecule is CC(=O)N(Cc1cccc(Cl)c1Cl)c1ccc(C(=O)NCc2ccc(C(F)(F)F)nc2)cc1. The zero-order chi connectivity index (χ0) is 24.2. The van der Waals surface area contributed by atoms with E-state index < -0.39 is 17.8 Å². The predicted octanol–water partition coefficient (Wildman–Crippen LogP) is 5.89. The summed E-state index contributed by atoms with van der Waals surface area (Å²) in [6.45, 7) is 1.62. The highest BCUT2D eigenvalue weighted by Gasteiger charge is 2.32. The van der Waals surface area contributed by atoms with E-state index in [0.29, 0.717) is 32.4 Å². The van der Waals surface area contributed by atoms with E-state index in [1.54, 1.807) is 42.5 Å². The van der Waals surface area contributed by atoms with Crippen molar-refractivity contribution in [2.45, 2.75) is 26.2 Å². The van der Waals surface area contributed by atoms with Crippen molar-refractivity contribution < 1.29 is 22.8 Å². The van der Waals surface area contributed by atoms with Crippen LogP contribution in [-0.2, 0) is 24.1 Å². The Balaban J connectivity index is 1.67. The molecule has 0 spiro atoms. The quantitative estimate of drug-likeness (QED) is 0.463. The number of hydrogen-bond acceptors (Lipinski definition) is 3. The summed E-state index contributed by atoms with van der Waals surface area (Å²) in [5.41, 5.74) is 0.979. The molecule has 0 saturated carbocycles. The number of nitrogens with zero attached hydrogens (tertiary/aromatic N) is 2. The summed E-state index contributed by atoms with van der Waals surface area (Å²) in [4.78, 5) is 29.5. The highest BCUT2D eigenvalue weighted by Crippen LogP contribution is 2.29. The molecule has 1 aromatic heterocycles. The van der Waals surface area contributed by atoms with E-state index in [0.717, 1.165) is 12.3 Å². The van der Waals surface area contributed by atoms with Crippen molar-refractivity contribution in [3.8, 4) is 0 Å². The number of hydrogen-bond donors (Lipinski definition) is 1. The lowest BCUT2D eigenvalue weighted by molar-refractivity contribution is -0.141. The summed E-state index contributed by atoms with van der Waals surface area (Å²) in [5.74, 6) is -0.647. The van der Waals surface area contributed by atoms with Crippen molar-refractivity contribution in [1.82, 2.24) is 10.3 Å². The van der Waals surface area contributed by atoms with Gasteiger partial charge in [0.05, 0.1) is 16.6 Å². The minimum Gasteiger partial charge on any atom is -0.348 e. The van der Waals surface area contributed by atoms with Gasteiger partial charge in [-0.15, -0.1) is 0 Å². The second kappa shape index (κ2) is 10.2. The lowest BCUT2D eigenvalue weighted by atomic mass is 10.1. The largest absolute Gasteiger partial charge is 0.433 e. The fourth-order valence-electron chi connectivity index (χ4n) is 3.00. The number of benzene rings is 2. The fourth-order valence-corrected chi connectivity index (χ4v) is 3.38. The predicted molar refractivity (Wildman–Crippen MR) is 120 cm³/mol. The minimum atomic E-state index is -4.52. The standard InChI is InChI=1S/C23H18Cl2F3N3O2/c1-14(32)31(13-17-3-2-4-19(24)21(17)25)18-8-6-16(7-9-18)22(33)30-12-15-5-10-20(29-11-15)23(26,27)28/h2-11H,12-13H2,1H3,(H,30,33). The summed E-state index contributed by atoms with van der Waals surface area (Å²) in [6, 6.07) is 13.6. The topological polar surface area (TPSA) is 62.3 Å². The first-order valence-corrected chi connectivity index (χ1v) is 10.4. The first-order valence-electron chi connectivity index (χ1n) is 9.67. The lowest BCUT2D eigenvalue weighted by Crippen LogP contribution is -2.28. The van der Waals surface area contributed by atoms with Crippen LogP contribution in [0.15, 0.2) is 60.8 Å². The van der Waals surface area contributed by atoms with E-state index in [2.05, 4.69) is 10.3 Å². The Labute approximate surface area is 198 Å². The molecule has 172 valence electrons. The van der Waals surface area contributed by atoms with Gasteiger partial charge in [0.1, 0.15) is 5.69 Å².